The molecule has 0 aliphatic carbocycles. The molecule has 19 heteroatoms. The van der Waals surface area contributed by atoms with Crippen molar-refractivity contribution in [1.82, 2.24) is 0 Å². The second kappa shape index (κ2) is 67.9. The van der Waals surface area contributed by atoms with Crippen molar-refractivity contribution < 1.29 is 80.2 Å². The molecule has 5 atom stereocenters. The molecule has 95 heavy (non-hydrogen) atoms. The molecule has 0 saturated carbocycles. The molecule has 2 unspecified atom stereocenters. The zero-order chi connectivity index (χ0) is 70.0. The van der Waals surface area contributed by atoms with Gasteiger partial charge in [0.25, 0.3) is 0 Å². The van der Waals surface area contributed by atoms with E-state index >= 15 is 0 Å². The zero-order valence-corrected chi connectivity index (χ0v) is 63.8. The third-order valence-electron chi connectivity index (χ3n) is 17.7. The molecular weight excluding hydrogens is 1250 g/mol. The topological polar surface area (TPSA) is 237 Å². The van der Waals surface area contributed by atoms with Crippen molar-refractivity contribution >= 4 is 39.5 Å². The molecule has 0 heterocycles. The van der Waals surface area contributed by atoms with Gasteiger partial charge in [0.2, 0.25) is 0 Å². The van der Waals surface area contributed by atoms with E-state index in [0.717, 1.165) is 102 Å². The van der Waals surface area contributed by atoms with E-state index in [4.69, 9.17) is 37.0 Å². The van der Waals surface area contributed by atoms with Crippen LogP contribution in [0.25, 0.3) is 0 Å². The summed E-state index contributed by atoms with van der Waals surface area (Å²) >= 11 is 0. The Morgan fingerprint density at radius 3 is 0.716 bits per heavy atom. The number of hydrogen-bond donors (Lipinski definition) is 3. The summed E-state index contributed by atoms with van der Waals surface area (Å²) in [5, 5.41) is 10.6. The van der Waals surface area contributed by atoms with Crippen LogP contribution in [0.2, 0.25) is 0 Å². The van der Waals surface area contributed by atoms with Crippen LogP contribution in [0.4, 0.5) is 0 Å². The van der Waals surface area contributed by atoms with Crippen molar-refractivity contribution in [3.63, 3.8) is 0 Å². The van der Waals surface area contributed by atoms with Crippen LogP contribution in [-0.2, 0) is 65.4 Å². The summed E-state index contributed by atoms with van der Waals surface area (Å²) in [7, 11) is -9.91. The van der Waals surface area contributed by atoms with Gasteiger partial charge in [0.15, 0.2) is 12.2 Å². The number of carbonyl (C=O) groups excluding carboxylic acids is 4. The number of phosphoric acid groups is 2. The van der Waals surface area contributed by atoms with Gasteiger partial charge in [-0.15, -0.1) is 0 Å². The predicted molar refractivity (Wildman–Crippen MR) is 386 cm³/mol. The normalized spacial score (nSPS) is 14.0. The van der Waals surface area contributed by atoms with Gasteiger partial charge in [-0.25, -0.2) is 9.13 Å². The monoisotopic (exact) mass is 1400 g/mol. The Bertz CT molecular complexity index is 1840. The van der Waals surface area contributed by atoms with Crippen molar-refractivity contribution in [2.24, 2.45) is 11.8 Å². The molecule has 0 radical (unpaired) electrons. The molecule has 564 valence electrons. The van der Waals surface area contributed by atoms with E-state index in [1.54, 1.807) is 0 Å². The molecule has 0 fully saturated rings. The molecular formula is C76H148O17P2. The lowest BCUT2D eigenvalue weighted by molar-refractivity contribution is -0.161. The molecule has 0 aromatic carbocycles. The number of carbonyl (C=O) groups is 4. The van der Waals surface area contributed by atoms with Gasteiger partial charge in [0.1, 0.15) is 19.3 Å². The van der Waals surface area contributed by atoms with E-state index < -0.39 is 97.5 Å². The summed E-state index contributed by atoms with van der Waals surface area (Å²) < 4.78 is 68.5. The lowest BCUT2D eigenvalue weighted by atomic mass is 10.0. The Hall–Kier alpha value is -1.94. The highest BCUT2D eigenvalue weighted by Crippen LogP contribution is 2.45. The van der Waals surface area contributed by atoms with Gasteiger partial charge in [-0.1, -0.05) is 343 Å². The van der Waals surface area contributed by atoms with Crippen LogP contribution in [0.15, 0.2) is 0 Å². The van der Waals surface area contributed by atoms with Crippen molar-refractivity contribution in [3.8, 4) is 0 Å². The number of rotatable bonds is 75. The number of phosphoric ester groups is 2. The number of ether oxygens (including phenoxy) is 4. The highest BCUT2D eigenvalue weighted by Gasteiger charge is 2.30. The summed E-state index contributed by atoms with van der Waals surface area (Å²) in [5.41, 5.74) is 0. The predicted octanol–water partition coefficient (Wildman–Crippen LogP) is 22.3. The van der Waals surface area contributed by atoms with Crippen molar-refractivity contribution in [3.05, 3.63) is 0 Å². The van der Waals surface area contributed by atoms with Crippen LogP contribution in [0, 0.1) is 11.8 Å². The van der Waals surface area contributed by atoms with Gasteiger partial charge >= 0.3 is 39.5 Å². The minimum absolute atomic E-state index is 0.107. The highest BCUT2D eigenvalue weighted by atomic mass is 31.2. The second-order valence-corrected chi connectivity index (χ2v) is 31.3. The maximum atomic E-state index is 13.1. The maximum Gasteiger partial charge on any atom is 0.472 e. The van der Waals surface area contributed by atoms with E-state index in [9.17, 15) is 43.2 Å². The van der Waals surface area contributed by atoms with Crippen molar-refractivity contribution in [2.45, 2.75) is 413 Å². The minimum atomic E-state index is -4.96. The average molecular weight is 1400 g/mol. The van der Waals surface area contributed by atoms with E-state index in [1.807, 2.05) is 0 Å². The SMILES string of the molecule is CCCCCCCCCCCCCCC(=O)O[C@H](COC(=O)CCCCCCCCCCCC)COP(=O)(O)OC[C@H](O)COP(=O)(O)OC[C@@H](COC(=O)CCCCCCCCCCCC(C)C)OC(=O)CCCCCCCCCCCCCCCCCCCCC(C)C. The van der Waals surface area contributed by atoms with E-state index in [0.29, 0.717) is 25.7 Å². The van der Waals surface area contributed by atoms with Crippen LogP contribution >= 0.6 is 15.6 Å². The molecule has 0 aliphatic heterocycles. The summed E-state index contributed by atoms with van der Waals surface area (Å²) in [6.45, 7) is 9.60. The summed E-state index contributed by atoms with van der Waals surface area (Å²) in [6, 6.07) is 0. The Morgan fingerprint density at radius 2 is 0.484 bits per heavy atom. The fraction of sp³-hybridized carbons (Fsp3) is 0.947. The molecule has 0 amide bonds. The molecule has 0 aromatic rings. The van der Waals surface area contributed by atoms with Gasteiger partial charge in [0, 0.05) is 25.7 Å². The minimum Gasteiger partial charge on any atom is -0.462 e. The first-order valence-electron chi connectivity index (χ1n) is 39.5. The fourth-order valence-electron chi connectivity index (χ4n) is 11.7. The standard InChI is InChI=1S/C76H148O17P2/c1-7-9-11-13-15-17-19-29-35-42-48-54-60-75(80)92-71(64-86-73(78)58-52-46-40-34-18-16-14-12-10-8-2)66-90-94(82,83)88-62-70(77)63-89-95(84,85)91-67-72(65-87-74(79)59-53-47-41-37-31-33-39-45-51-57-69(5)6)93-76(81)61-55-49-43-36-30-27-25-23-21-20-22-24-26-28-32-38-44-50-56-68(3)4/h68-72,77H,7-67H2,1-6H3,(H,82,83)(H,84,85)/t70-,71+,72+/m0/s1. The summed E-state index contributed by atoms with van der Waals surface area (Å²) in [4.78, 5) is 72.7. The Morgan fingerprint density at radius 1 is 0.284 bits per heavy atom. The lowest BCUT2D eigenvalue weighted by Crippen LogP contribution is -2.30. The molecule has 0 aromatic heterocycles. The Kier molecular flexibility index (Phi) is 66.5. The van der Waals surface area contributed by atoms with E-state index in [2.05, 4.69) is 41.5 Å². The smallest absolute Gasteiger partial charge is 0.462 e. The Balaban J connectivity index is 5.19. The van der Waals surface area contributed by atoms with Crippen LogP contribution in [0.5, 0.6) is 0 Å². The average Bonchev–Trinajstić information content (AvgIpc) is 1.30. The molecule has 0 spiro atoms. The highest BCUT2D eigenvalue weighted by molar-refractivity contribution is 7.47. The molecule has 3 N–H and O–H groups in total. The molecule has 0 bridgehead atoms. The molecule has 0 saturated heterocycles. The maximum absolute atomic E-state index is 13.1. The van der Waals surface area contributed by atoms with Crippen molar-refractivity contribution in [1.29, 1.82) is 0 Å². The first kappa shape index (κ1) is 93.1. The number of unbranched alkanes of at least 4 members (excludes halogenated alkanes) is 45. The zero-order valence-electron chi connectivity index (χ0n) is 62.0. The van der Waals surface area contributed by atoms with Crippen LogP contribution < -0.4 is 0 Å². The van der Waals surface area contributed by atoms with Crippen LogP contribution in [-0.4, -0.2) is 96.7 Å². The third-order valence-corrected chi connectivity index (χ3v) is 19.6. The van der Waals surface area contributed by atoms with Gasteiger partial charge in [-0.2, -0.15) is 0 Å². The van der Waals surface area contributed by atoms with E-state index in [-0.39, 0.29) is 25.7 Å². The largest absolute Gasteiger partial charge is 0.472 e. The lowest BCUT2D eigenvalue weighted by Gasteiger charge is -2.21. The number of aliphatic hydroxyl groups is 1. The van der Waals surface area contributed by atoms with Gasteiger partial charge in [-0.05, 0) is 37.5 Å². The number of hydrogen-bond acceptors (Lipinski definition) is 15. The molecule has 0 rings (SSSR count). The second-order valence-electron chi connectivity index (χ2n) is 28.3. The van der Waals surface area contributed by atoms with E-state index in [1.165, 1.54) is 212 Å². The summed E-state index contributed by atoms with van der Waals surface area (Å²) in [5.74, 6) is -0.551. The Labute approximate surface area is 581 Å². The van der Waals surface area contributed by atoms with Crippen LogP contribution in [0.1, 0.15) is 395 Å². The van der Waals surface area contributed by atoms with Gasteiger partial charge in [0.05, 0.1) is 26.4 Å². The number of esters is 4. The van der Waals surface area contributed by atoms with Gasteiger partial charge in [-0.3, -0.25) is 37.3 Å². The van der Waals surface area contributed by atoms with Crippen LogP contribution in [0.3, 0.4) is 0 Å². The van der Waals surface area contributed by atoms with Crippen molar-refractivity contribution in [2.75, 3.05) is 39.6 Å². The third kappa shape index (κ3) is 70.3. The quantitative estimate of drug-likeness (QED) is 0.0222. The molecule has 17 nitrogen and oxygen atoms in total. The fourth-order valence-corrected chi connectivity index (χ4v) is 13.2. The first-order valence-corrected chi connectivity index (χ1v) is 42.5. The first-order chi connectivity index (χ1) is 45.9. The van der Waals surface area contributed by atoms with Gasteiger partial charge < -0.3 is 33.8 Å². The number of aliphatic hydroxyl groups excluding tert-OH is 1. The molecule has 0 aliphatic rings. The summed E-state index contributed by atoms with van der Waals surface area (Å²) in [6.07, 6.45) is 55.5.